The van der Waals surface area contributed by atoms with Crippen molar-refractivity contribution in [3.63, 3.8) is 0 Å². The lowest BCUT2D eigenvalue weighted by Gasteiger charge is -2.05. The van der Waals surface area contributed by atoms with Crippen molar-refractivity contribution >= 4 is 15.0 Å². The van der Waals surface area contributed by atoms with Crippen LogP contribution < -0.4 is 4.74 Å². The van der Waals surface area contributed by atoms with E-state index >= 15 is 0 Å². The highest BCUT2D eigenvalue weighted by Crippen LogP contribution is 2.17. The second-order valence-electron chi connectivity index (χ2n) is 3.01. The van der Waals surface area contributed by atoms with Crippen LogP contribution >= 0.6 is 0 Å². The Hall–Kier alpha value is -1.50. The standard InChI is InChI=1S/C9H8F2O4S/c1-16(13,14)9(12)5-15-8-3-2-6(10)4-7(8)11/h2-4H,5H2,1H3. The molecule has 4 nitrogen and oxygen atoms in total. The molecule has 1 aromatic rings. The molecular weight excluding hydrogens is 242 g/mol. The number of rotatable bonds is 3. The molecule has 0 aliphatic rings. The summed E-state index contributed by atoms with van der Waals surface area (Å²) in [6.45, 7) is -0.804. The largest absolute Gasteiger partial charge is 0.482 e. The van der Waals surface area contributed by atoms with E-state index in [1.165, 1.54) is 0 Å². The quantitative estimate of drug-likeness (QED) is 0.800. The van der Waals surface area contributed by atoms with Gasteiger partial charge in [-0.1, -0.05) is 0 Å². The van der Waals surface area contributed by atoms with Crippen molar-refractivity contribution < 1.29 is 26.7 Å². The minimum atomic E-state index is -3.85. The number of ether oxygens (including phenoxy) is 1. The Balaban J connectivity index is 2.73. The Morgan fingerprint density at radius 2 is 2.00 bits per heavy atom. The summed E-state index contributed by atoms with van der Waals surface area (Å²) in [6.07, 6.45) is 0.722. The first-order valence-corrected chi connectivity index (χ1v) is 6.00. The lowest BCUT2D eigenvalue weighted by Crippen LogP contribution is -2.20. The number of hydrogen-bond donors (Lipinski definition) is 0. The van der Waals surface area contributed by atoms with Crippen LogP contribution in [0.1, 0.15) is 0 Å². The van der Waals surface area contributed by atoms with Crippen LogP contribution in [0.4, 0.5) is 8.78 Å². The summed E-state index contributed by atoms with van der Waals surface area (Å²) < 4.78 is 51.5. The van der Waals surface area contributed by atoms with Crippen LogP contribution in [-0.4, -0.2) is 26.4 Å². The maximum absolute atomic E-state index is 13.0. The van der Waals surface area contributed by atoms with E-state index in [1.807, 2.05) is 0 Å². The highest BCUT2D eigenvalue weighted by atomic mass is 32.2. The molecule has 0 unspecified atom stereocenters. The zero-order valence-electron chi connectivity index (χ0n) is 8.24. The number of hydrogen-bond acceptors (Lipinski definition) is 4. The molecule has 1 rings (SSSR count). The predicted molar refractivity (Wildman–Crippen MR) is 51.7 cm³/mol. The van der Waals surface area contributed by atoms with E-state index in [2.05, 4.69) is 4.74 Å². The molecule has 7 heteroatoms. The molecule has 0 bridgehead atoms. The van der Waals surface area contributed by atoms with Gasteiger partial charge in [0.05, 0.1) is 0 Å². The van der Waals surface area contributed by atoms with Crippen LogP contribution in [-0.2, 0) is 14.6 Å². The average Bonchev–Trinajstić information content (AvgIpc) is 2.14. The molecule has 0 atom stereocenters. The lowest BCUT2D eigenvalue weighted by atomic mass is 10.3. The van der Waals surface area contributed by atoms with Crippen LogP contribution in [0.2, 0.25) is 0 Å². The fourth-order valence-corrected chi connectivity index (χ4v) is 1.11. The smallest absolute Gasteiger partial charge is 0.283 e. The van der Waals surface area contributed by atoms with Crippen LogP contribution in [0.3, 0.4) is 0 Å². The van der Waals surface area contributed by atoms with Crippen LogP contribution in [0.15, 0.2) is 18.2 Å². The van der Waals surface area contributed by atoms with Gasteiger partial charge in [0, 0.05) is 12.3 Å². The molecule has 0 saturated carbocycles. The van der Waals surface area contributed by atoms with Gasteiger partial charge in [0.25, 0.3) is 5.12 Å². The number of halogens is 2. The summed E-state index contributed by atoms with van der Waals surface area (Å²) in [5, 5.41) is -1.17. The average molecular weight is 250 g/mol. The Kier molecular flexibility index (Phi) is 3.58. The van der Waals surface area contributed by atoms with Crippen molar-refractivity contribution in [2.75, 3.05) is 12.9 Å². The Labute approximate surface area is 90.8 Å². The monoisotopic (exact) mass is 250 g/mol. The molecule has 0 aromatic heterocycles. The SMILES string of the molecule is CS(=O)(=O)C(=O)COc1ccc(F)cc1F. The van der Waals surface area contributed by atoms with Gasteiger partial charge in [-0.2, -0.15) is 0 Å². The van der Waals surface area contributed by atoms with Gasteiger partial charge in [-0.3, -0.25) is 4.79 Å². The zero-order valence-corrected chi connectivity index (χ0v) is 9.05. The summed E-state index contributed by atoms with van der Waals surface area (Å²) >= 11 is 0. The number of carbonyl (C=O) groups is 1. The number of carbonyl (C=O) groups excluding carboxylic acids is 1. The van der Waals surface area contributed by atoms with Gasteiger partial charge in [-0.25, -0.2) is 17.2 Å². The van der Waals surface area contributed by atoms with E-state index < -0.39 is 33.2 Å². The number of sulfone groups is 1. The third kappa shape index (κ3) is 3.27. The van der Waals surface area contributed by atoms with E-state index in [9.17, 15) is 22.0 Å². The summed E-state index contributed by atoms with van der Waals surface area (Å²) in [6, 6.07) is 2.48. The summed E-state index contributed by atoms with van der Waals surface area (Å²) in [4.78, 5) is 10.9. The van der Waals surface area contributed by atoms with Crippen LogP contribution in [0.5, 0.6) is 5.75 Å². The fourth-order valence-electron chi connectivity index (χ4n) is 0.836. The van der Waals surface area contributed by atoms with Crippen molar-refractivity contribution in [1.82, 2.24) is 0 Å². The van der Waals surface area contributed by atoms with Gasteiger partial charge in [0.2, 0.25) is 9.84 Å². The summed E-state index contributed by atoms with van der Waals surface area (Å²) in [5.41, 5.74) is 0. The Morgan fingerprint density at radius 3 is 2.50 bits per heavy atom. The second kappa shape index (κ2) is 4.56. The van der Waals surface area contributed by atoms with Crippen molar-refractivity contribution in [3.05, 3.63) is 29.8 Å². The summed E-state index contributed by atoms with van der Waals surface area (Å²) in [5.74, 6) is -2.17. The Morgan fingerprint density at radius 1 is 1.38 bits per heavy atom. The number of benzene rings is 1. The van der Waals surface area contributed by atoms with Gasteiger partial charge < -0.3 is 4.74 Å². The van der Waals surface area contributed by atoms with Crippen molar-refractivity contribution in [2.45, 2.75) is 0 Å². The van der Waals surface area contributed by atoms with Gasteiger partial charge >= 0.3 is 0 Å². The zero-order chi connectivity index (χ0) is 12.3. The van der Waals surface area contributed by atoms with Crippen molar-refractivity contribution in [3.8, 4) is 5.75 Å². The lowest BCUT2D eigenvalue weighted by molar-refractivity contribution is -0.113. The van der Waals surface area contributed by atoms with Crippen molar-refractivity contribution in [2.24, 2.45) is 0 Å². The van der Waals surface area contributed by atoms with Gasteiger partial charge in [-0.15, -0.1) is 0 Å². The third-order valence-electron chi connectivity index (χ3n) is 1.65. The van der Waals surface area contributed by atoms with E-state index in [1.54, 1.807) is 0 Å². The molecule has 0 aliphatic carbocycles. The molecule has 0 radical (unpaired) electrons. The molecular formula is C9H8F2O4S. The third-order valence-corrected chi connectivity index (χ3v) is 2.60. The van der Waals surface area contributed by atoms with Crippen LogP contribution in [0, 0.1) is 11.6 Å². The molecule has 0 aliphatic heterocycles. The molecule has 16 heavy (non-hydrogen) atoms. The molecule has 0 spiro atoms. The highest BCUT2D eigenvalue weighted by Gasteiger charge is 2.17. The normalized spacial score (nSPS) is 11.2. The second-order valence-corrected chi connectivity index (χ2v) is 5.01. The first-order chi connectivity index (χ1) is 7.30. The van der Waals surface area contributed by atoms with Crippen molar-refractivity contribution in [1.29, 1.82) is 0 Å². The highest BCUT2D eigenvalue weighted by molar-refractivity contribution is 8.05. The predicted octanol–water partition coefficient (Wildman–Crippen LogP) is 0.915. The molecule has 0 fully saturated rings. The maximum atomic E-state index is 13.0. The summed E-state index contributed by atoms with van der Waals surface area (Å²) in [7, 11) is -3.85. The first kappa shape index (κ1) is 12.6. The first-order valence-electron chi connectivity index (χ1n) is 4.11. The molecule has 1 aromatic carbocycles. The minimum Gasteiger partial charge on any atom is -0.482 e. The van der Waals surface area contributed by atoms with Gasteiger partial charge in [0.1, 0.15) is 5.82 Å². The fraction of sp³-hybridized carbons (Fsp3) is 0.222. The van der Waals surface area contributed by atoms with Gasteiger partial charge in [-0.05, 0) is 12.1 Å². The van der Waals surface area contributed by atoms with E-state index in [0.29, 0.717) is 6.07 Å². The van der Waals surface area contributed by atoms with E-state index in [0.717, 1.165) is 18.4 Å². The molecule has 0 N–H and O–H groups in total. The topological polar surface area (TPSA) is 60.4 Å². The Bertz CT molecular complexity index is 510. The minimum absolute atomic E-state index is 0.376. The van der Waals surface area contributed by atoms with E-state index in [4.69, 9.17) is 0 Å². The molecule has 0 heterocycles. The maximum Gasteiger partial charge on any atom is 0.283 e. The van der Waals surface area contributed by atoms with Crippen LogP contribution in [0.25, 0.3) is 0 Å². The van der Waals surface area contributed by atoms with Gasteiger partial charge in [0.15, 0.2) is 18.2 Å². The molecule has 88 valence electrons. The van der Waals surface area contributed by atoms with E-state index in [-0.39, 0.29) is 5.75 Å². The molecule has 0 saturated heterocycles. The molecule has 0 amide bonds.